The third kappa shape index (κ3) is 4.50. The highest BCUT2D eigenvalue weighted by Gasteiger charge is 2.38. The molecule has 0 spiro atoms. The lowest BCUT2D eigenvalue weighted by atomic mass is 9.85. The van der Waals surface area contributed by atoms with E-state index in [1.807, 2.05) is 0 Å². The minimum Gasteiger partial charge on any atom is -0.348 e. The topological polar surface area (TPSA) is 66.5 Å². The maximum Gasteiger partial charge on any atom is 0.251 e. The van der Waals surface area contributed by atoms with Gasteiger partial charge < -0.3 is 10.2 Å². The smallest absolute Gasteiger partial charge is 0.251 e. The van der Waals surface area contributed by atoms with Crippen molar-refractivity contribution >= 4 is 23.3 Å². The number of carbonyl (C=O) groups excluding carboxylic acids is 3. The van der Waals surface area contributed by atoms with Gasteiger partial charge in [0.1, 0.15) is 11.7 Å². The van der Waals surface area contributed by atoms with Crippen LogP contribution in [0.4, 0.5) is 18.9 Å². The number of rotatable bonds is 5. The third-order valence-corrected chi connectivity index (χ3v) is 5.62. The van der Waals surface area contributed by atoms with Gasteiger partial charge in [0, 0.05) is 24.7 Å². The van der Waals surface area contributed by atoms with Crippen molar-refractivity contribution in [2.45, 2.75) is 13.0 Å². The number of hydrogen-bond donors (Lipinski definition) is 1. The Labute approximate surface area is 187 Å². The Kier molecular flexibility index (Phi) is 6.00. The number of ketones is 1. The van der Waals surface area contributed by atoms with Gasteiger partial charge in [-0.3, -0.25) is 14.4 Å². The van der Waals surface area contributed by atoms with Crippen molar-refractivity contribution in [3.05, 3.63) is 100 Å². The average molecular weight is 452 g/mol. The first-order chi connectivity index (χ1) is 15.7. The number of nitrogens with zero attached hydrogens (tertiary/aromatic N) is 1. The van der Waals surface area contributed by atoms with Gasteiger partial charge in [0.25, 0.3) is 5.91 Å². The number of amides is 2. The number of nitrogens with one attached hydrogen (secondary N) is 1. The molecule has 0 saturated carbocycles. The van der Waals surface area contributed by atoms with Crippen LogP contribution in [0.1, 0.15) is 31.8 Å². The summed E-state index contributed by atoms with van der Waals surface area (Å²) in [5.41, 5.74) is 1.79. The van der Waals surface area contributed by atoms with Crippen LogP contribution in [0.25, 0.3) is 0 Å². The molecule has 0 bridgehead atoms. The van der Waals surface area contributed by atoms with Crippen molar-refractivity contribution < 1.29 is 27.6 Å². The first-order valence-electron chi connectivity index (χ1n) is 10.2. The monoisotopic (exact) mass is 452 g/mol. The summed E-state index contributed by atoms with van der Waals surface area (Å²) < 4.78 is 39.8. The predicted octanol–water partition coefficient (Wildman–Crippen LogP) is 4.05. The molecular formula is C25H19F3N2O3. The second-order valence-corrected chi connectivity index (χ2v) is 7.81. The number of fused-ring (bicyclic) bond motifs is 1. The SMILES string of the molecule is CN1C(=O)C(Cc2ccc(F)c(F)c2)C(=O)c2cc(C(=O)NCc3ccc(F)cc3)ccc21. The van der Waals surface area contributed by atoms with Crippen molar-refractivity contribution in [3.8, 4) is 0 Å². The molecule has 2 amide bonds. The highest BCUT2D eigenvalue weighted by Crippen LogP contribution is 2.32. The first kappa shape index (κ1) is 22.3. The molecule has 1 heterocycles. The molecule has 1 unspecified atom stereocenters. The van der Waals surface area contributed by atoms with Crippen LogP contribution in [-0.2, 0) is 17.8 Å². The van der Waals surface area contributed by atoms with Crippen LogP contribution in [0.2, 0.25) is 0 Å². The molecule has 0 aromatic heterocycles. The molecule has 3 aromatic carbocycles. The molecule has 33 heavy (non-hydrogen) atoms. The molecule has 1 aliphatic rings. The van der Waals surface area contributed by atoms with Crippen LogP contribution >= 0.6 is 0 Å². The molecule has 1 atom stereocenters. The van der Waals surface area contributed by atoms with Gasteiger partial charge in [-0.2, -0.15) is 0 Å². The molecule has 1 N–H and O–H groups in total. The van der Waals surface area contributed by atoms with Gasteiger partial charge in [-0.05, 0) is 60.0 Å². The van der Waals surface area contributed by atoms with E-state index in [1.165, 1.54) is 48.3 Å². The van der Waals surface area contributed by atoms with Crippen LogP contribution < -0.4 is 10.2 Å². The summed E-state index contributed by atoms with van der Waals surface area (Å²) in [7, 11) is 1.51. The Hall–Kier alpha value is -3.94. The molecular weight excluding hydrogens is 433 g/mol. The van der Waals surface area contributed by atoms with E-state index < -0.39 is 35.1 Å². The van der Waals surface area contributed by atoms with Crippen molar-refractivity contribution in [2.24, 2.45) is 5.92 Å². The fourth-order valence-electron chi connectivity index (χ4n) is 3.79. The summed E-state index contributed by atoms with van der Waals surface area (Å²) in [6.07, 6.45) is -0.0976. The molecule has 0 fully saturated rings. The minimum atomic E-state index is -1.12. The lowest BCUT2D eigenvalue weighted by Crippen LogP contribution is -2.43. The highest BCUT2D eigenvalue weighted by molar-refractivity contribution is 6.22. The standard InChI is InChI=1S/C25H19F3N2O3/c1-30-22-9-5-16(24(32)29-13-14-2-6-17(26)7-3-14)12-18(22)23(31)19(25(30)33)10-15-4-8-20(27)21(28)11-15/h2-9,11-12,19H,10,13H2,1H3,(H,29,32). The Balaban J connectivity index is 1.56. The Bertz CT molecular complexity index is 1260. The molecule has 0 saturated heterocycles. The summed E-state index contributed by atoms with van der Waals surface area (Å²) in [4.78, 5) is 39.9. The van der Waals surface area contributed by atoms with Gasteiger partial charge in [-0.15, -0.1) is 0 Å². The fraction of sp³-hybridized carbons (Fsp3) is 0.160. The molecule has 1 aliphatic heterocycles. The summed E-state index contributed by atoms with van der Waals surface area (Å²) in [5.74, 6) is -4.97. The molecule has 3 aromatic rings. The Morgan fingerprint density at radius 3 is 2.30 bits per heavy atom. The first-order valence-corrected chi connectivity index (χ1v) is 10.2. The zero-order valence-corrected chi connectivity index (χ0v) is 17.6. The van der Waals surface area contributed by atoms with E-state index in [-0.39, 0.29) is 29.9 Å². The fourth-order valence-corrected chi connectivity index (χ4v) is 3.79. The maximum atomic E-state index is 13.6. The summed E-state index contributed by atoms with van der Waals surface area (Å²) in [6, 6.07) is 13.4. The summed E-state index contributed by atoms with van der Waals surface area (Å²) >= 11 is 0. The van der Waals surface area contributed by atoms with E-state index in [0.717, 1.165) is 12.1 Å². The van der Waals surface area contributed by atoms with Gasteiger partial charge >= 0.3 is 0 Å². The van der Waals surface area contributed by atoms with E-state index in [1.54, 1.807) is 12.1 Å². The number of benzene rings is 3. The quantitative estimate of drug-likeness (QED) is 0.594. The zero-order valence-electron chi connectivity index (χ0n) is 17.6. The second kappa shape index (κ2) is 8.90. The van der Waals surface area contributed by atoms with Crippen molar-refractivity contribution in [3.63, 3.8) is 0 Å². The van der Waals surface area contributed by atoms with Gasteiger partial charge in [0.05, 0.1) is 5.69 Å². The van der Waals surface area contributed by atoms with E-state index >= 15 is 0 Å². The number of carbonyl (C=O) groups is 3. The number of hydrogen-bond acceptors (Lipinski definition) is 3. The number of Topliss-reactive ketones (excluding diaryl/α,β-unsaturated/α-hetero) is 1. The van der Waals surface area contributed by atoms with Crippen LogP contribution in [0.3, 0.4) is 0 Å². The Morgan fingerprint density at radius 2 is 1.61 bits per heavy atom. The molecule has 8 heteroatoms. The predicted molar refractivity (Wildman–Crippen MR) is 115 cm³/mol. The van der Waals surface area contributed by atoms with Gasteiger partial charge in [-0.25, -0.2) is 13.2 Å². The largest absolute Gasteiger partial charge is 0.348 e. The van der Waals surface area contributed by atoms with Crippen molar-refractivity contribution in [2.75, 3.05) is 11.9 Å². The molecule has 4 rings (SSSR count). The average Bonchev–Trinajstić information content (AvgIpc) is 2.81. The van der Waals surface area contributed by atoms with E-state index in [0.29, 0.717) is 16.8 Å². The van der Waals surface area contributed by atoms with Crippen molar-refractivity contribution in [1.82, 2.24) is 5.32 Å². The summed E-state index contributed by atoms with van der Waals surface area (Å²) in [6.45, 7) is 0.168. The van der Waals surface area contributed by atoms with E-state index in [2.05, 4.69) is 5.32 Å². The molecule has 168 valence electrons. The lowest BCUT2D eigenvalue weighted by Gasteiger charge is -2.30. The third-order valence-electron chi connectivity index (χ3n) is 5.62. The highest BCUT2D eigenvalue weighted by atomic mass is 19.2. The molecule has 5 nitrogen and oxygen atoms in total. The van der Waals surface area contributed by atoms with Crippen LogP contribution in [0.15, 0.2) is 60.7 Å². The molecule has 0 aliphatic carbocycles. The second-order valence-electron chi connectivity index (χ2n) is 7.81. The normalized spacial score (nSPS) is 15.4. The molecule has 0 radical (unpaired) electrons. The van der Waals surface area contributed by atoms with Gasteiger partial charge in [-0.1, -0.05) is 18.2 Å². The Morgan fingerprint density at radius 1 is 0.909 bits per heavy atom. The van der Waals surface area contributed by atoms with Crippen LogP contribution in [0.5, 0.6) is 0 Å². The van der Waals surface area contributed by atoms with Gasteiger partial charge in [0.2, 0.25) is 5.91 Å². The minimum absolute atomic E-state index is 0.0976. The zero-order chi connectivity index (χ0) is 23.7. The summed E-state index contributed by atoms with van der Waals surface area (Å²) in [5, 5.41) is 2.71. The number of halogens is 3. The number of anilines is 1. The van der Waals surface area contributed by atoms with E-state index in [9.17, 15) is 27.6 Å². The van der Waals surface area contributed by atoms with Crippen molar-refractivity contribution in [1.29, 1.82) is 0 Å². The lowest BCUT2D eigenvalue weighted by molar-refractivity contribution is -0.121. The van der Waals surface area contributed by atoms with Gasteiger partial charge in [0.15, 0.2) is 17.4 Å². The maximum absolute atomic E-state index is 13.6. The van der Waals surface area contributed by atoms with Crippen LogP contribution in [0, 0.1) is 23.4 Å². The van der Waals surface area contributed by atoms with E-state index in [4.69, 9.17) is 0 Å². The van der Waals surface area contributed by atoms with Crippen LogP contribution in [-0.4, -0.2) is 24.6 Å².